The summed E-state index contributed by atoms with van der Waals surface area (Å²) in [4.78, 5) is 26.5. The first-order valence-corrected chi connectivity index (χ1v) is 5.70. The van der Waals surface area contributed by atoms with E-state index in [4.69, 9.17) is 0 Å². The molecule has 2 rings (SSSR count). The summed E-state index contributed by atoms with van der Waals surface area (Å²) in [7, 11) is 0. The molecule has 0 amide bonds. The molecule has 2 aromatic rings. The summed E-state index contributed by atoms with van der Waals surface area (Å²) in [6.45, 7) is 5.45. The largest absolute Gasteiger partial charge is 0.478 e. The third-order valence-electron chi connectivity index (χ3n) is 2.86. The van der Waals surface area contributed by atoms with Gasteiger partial charge in [-0.2, -0.15) is 0 Å². The zero-order chi connectivity index (χ0) is 13.5. The second-order valence-corrected chi connectivity index (χ2v) is 5.31. The summed E-state index contributed by atoms with van der Waals surface area (Å²) in [5, 5.41) is 9.68. The van der Waals surface area contributed by atoms with Crippen molar-refractivity contribution < 1.29 is 14.7 Å². The number of carbonyl (C=O) groups is 2. The van der Waals surface area contributed by atoms with E-state index in [0.717, 1.165) is 0 Å². The standard InChI is InChI=1S/C14H15NO3/c1-14(2,3)12(16)9-7-15-10-6-4-5-8(11(9)10)13(17)18/h4-7,15H,1-3H3,(H,17,18). The van der Waals surface area contributed by atoms with Gasteiger partial charge in [0.2, 0.25) is 0 Å². The molecule has 0 aliphatic rings. The number of ketones is 1. The van der Waals surface area contributed by atoms with Crippen LogP contribution in [0.25, 0.3) is 10.9 Å². The Morgan fingerprint density at radius 3 is 2.39 bits per heavy atom. The fourth-order valence-corrected chi connectivity index (χ4v) is 1.95. The number of Topliss-reactive ketones (excluding diaryl/α,β-unsaturated/α-hetero) is 1. The molecule has 94 valence electrons. The number of carboxylic acids is 1. The molecule has 0 saturated heterocycles. The van der Waals surface area contributed by atoms with Crippen LogP contribution in [0.1, 0.15) is 41.5 Å². The van der Waals surface area contributed by atoms with Gasteiger partial charge in [0, 0.05) is 28.1 Å². The summed E-state index contributed by atoms with van der Waals surface area (Å²) in [5.41, 5.74) is 0.722. The maximum atomic E-state index is 12.3. The first kappa shape index (κ1) is 12.4. The van der Waals surface area contributed by atoms with Crippen LogP contribution in [0.5, 0.6) is 0 Å². The van der Waals surface area contributed by atoms with Crippen LogP contribution in [0.3, 0.4) is 0 Å². The lowest BCUT2D eigenvalue weighted by Crippen LogP contribution is -2.20. The Labute approximate surface area is 105 Å². The first-order chi connectivity index (χ1) is 8.32. The van der Waals surface area contributed by atoms with Crippen LogP contribution in [-0.4, -0.2) is 21.8 Å². The highest BCUT2D eigenvalue weighted by molar-refractivity contribution is 6.15. The molecular formula is C14H15NO3. The molecule has 1 heterocycles. The minimum atomic E-state index is -1.02. The number of fused-ring (bicyclic) bond motifs is 1. The Bertz CT molecular complexity index is 632. The van der Waals surface area contributed by atoms with Crippen molar-refractivity contribution in [1.29, 1.82) is 0 Å². The van der Waals surface area contributed by atoms with Gasteiger partial charge in [-0.05, 0) is 12.1 Å². The molecule has 0 fully saturated rings. The highest BCUT2D eigenvalue weighted by atomic mass is 16.4. The Hall–Kier alpha value is -2.10. The zero-order valence-electron chi connectivity index (χ0n) is 10.6. The summed E-state index contributed by atoms with van der Waals surface area (Å²) < 4.78 is 0. The molecule has 0 atom stereocenters. The number of nitrogens with one attached hydrogen (secondary N) is 1. The summed E-state index contributed by atoms with van der Waals surface area (Å²) in [5.74, 6) is -1.09. The maximum absolute atomic E-state index is 12.3. The second kappa shape index (κ2) is 3.98. The number of carbonyl (C=O) groups excluding carboxylic acids is 1. The van der Waals surface area contributed by atoms with Gasteiger partial charge in [0.05, 0.1) is 5.56 Å². The van der Waals surface area contributed by atoms with Gasteiger partial charge in [-0.15, -0.1) is 0 Å². The fraction of sp³-hybridized carbons (Fsp3) is 0.286. The van der Waals surface area contributed by atoms with Gasteiger partial charge in [-0.25, -0.2) is 4.79 Å². The van der Waals surface area contributed by atoms with Crippen LogP contribution >= 0.6 is 0 Å². The van der Waals surface area contributed by atoms with Gasteiger partial charge < -0.3 is 10.1 Å². The number of benzene rings is 1. The average molecular weight is 245 g/mol. The molecule has 2 N–H and O–H groups in total. The lowest BCUT2D eigenvalue weighted by Gasteiger charge is -2.16. The van der Waals surface area contributed by atoms with Crippen molar-refractivity contribution >= 4 is 22.7 Å². The Balaban J connectivity index is 2.74. The van der Waals surface area contributed by atoms with Crippen molar-refractivity contribution in [3.05, 3.63) is 35.5 Å². The summed E-state index contributed by atoms with van der Waals surface area (Å²) in [6, 6.07) is 4.94. The molecule has 18 heavy (non-hydrogen) atoms. The molecule has 0 aliphatic carbocycles. The quantitative estimate of drug-likeness (QED) is 0.799. The lowest BCUT2D eigenvalue weighted by molar-refractivity contribution is 0.0699. The molecule has 0 saturated carbocycles. The normalized spacial score (nSPS) is 11.7. The van der Waals surface area contributed by atoms with E-state index in [9.17, 15) is 14.7 Å². The minimum absolute atomic E-state index is 0.0672. The third kappa shape index (κ3) is 1.90. The van der Waals surface area contributed by atoms with Crippen LogP contribution in [0.4, 0.5) is 0 Å². The Kier molecular flexibility index (Phi) is 2.73. The number of aromatic carboxylic acids is 1. The summed E-state index contributed by atoms with van der Waals surface area (Å²) in [6.07, 6.45) is 1.59. The molecule has 0 bridgehead atoms. The average Bonchev–Trinajstić information content (AvgIpc) is 2.69. The maximum Gasteiger partial charge on any atom is 0.336 e. The van der Waals surface area contributed by atoms with Gasteiger partial charge in [0.25, 0.3) is 0 Å². The van der Waals surface area contributed by atoms with Crippen LogP contribution in [-0.2, 0) is 0 Å². The van der Waals surface area contributed by atoms with E-state index >= 15 is 0 Å². The predicted octanol–water partition coefficient (Wildman–Crippen LogP) is 3.09. The van der Waals surface area contributed by atoms with E-state index in [1.165, 1.54) is 6.07 Å². The van der Waals surface area contributed by atoms with Crippen LogP contribution in [0, 0.1) is 5.41 Å². The van der Waals surface area contributed by atoms with Crippen molar-refractivity contribution in [3.8, 4) is 0 Å². The van der Waals surface area contributed by atoms with Crippen LogP contribution < -0.4 is 0 Å². The Morgan fingerprint density at radius 1 is 1.17 bits per heavy atom. The van der Waals surface area contributed by atoms with E-state index < -0.39 is 11.4 Å². The van der Waals surface area contributed by atoms with Gasteiger partial charge in [-0.1, -0.05) is 26.8 Å². The van der Waals surface area contributed by atoms with E-state index in [-0.39, 0.29) is 11.3 Å². The Morgan fingerprint density at radius 2 is 1.83 bits per heavy atom. The smallest absolute Gasteiger partial charge is 0.336 e. The van der Waals surface area contributed by atoms with Gasteiger partial charge in [0.1, 0.15) is 0 Å². The molecule has 0 radical (unpaired) electrons. The van der Waals surface area contributed by atoms with Gasteiger partial charge >= 0.3 is 5.97 Å². The zero-order valence-corrected chi connectivity index (χ0v) is 10.6. The van der Waals surface area contributed by atoms with Gasteiger partial charge in [-0.3, -0.25) is 4.79 Å². The molecular weight excluding hydrogens is 230 g/mol. The first-order valence-electron chi connectivity index (χ1n) is 5.70. The topological polar surface area (TPSA) is 70.2 Å². The number of hydrogen-bond donors (Lipinski definition) is 2. The predicted molar refractivity (Wildman–Crippen MR) is 69.0 cm³/mol. The molecule has 0 unspecified atom stereocenters. The van der Waals surface area contributed by atoms with Crippen molar-refractivity contribution in [2.45, 2.75) is 20.8 Å². The van der Waals surface area contributed by atoms with E-state index in [2.05, 4.69) is 4.98 Å². The molecule has 0 aliphatic heterocycles. The van der Waals surface area contributed by atoms with Crippen molar-refractivity contribution in [1.82, 2.24) is 4.98 Å². The number of H-pyrrole nitrogens is 1. The third-order valence-corrected chi connectivity index (χ3v) is 2.86. The monoisotopic (exact) mass is 245 g/mol. The van der Waals surface area contributed by atoms with Crippen molar-refractivity contribution in [2.75, 3.05) is 0 Å². The minimum Gasteiger partial charge on any atom is -0.478 e. The van der Waals surface area contributed by atoms with E-state index in [1.807, 2.05) is 20.8 Å². The highest BCUT2D eigenvalue weighted by Crippen LogP contribution is 2.28. The second-order valence-electron chi connectivity index (χ2n) is 5.31. The molecule has 1 aromatic carbocycles. The molecule has 1 aromatic heterocycles. The number of aromatic amines is 1. The van der Waals surface area contributed by atoms with Crippen molar-refractivity contribution in [3.63, 3.8) is 0 Å². The number of hydrogen-bond acceptors (Lipinski definition) is 2. The number of aromatic nitrogens is 1. The molecule has 0 spiro atoms. The number of rotatable bonds is 2. The van der Waals surface area contributed by atoms with Crippen LogP contribution in [0.2, 0.25) is 0 Å². The lowest BCUT2D eigenvalue weighted by atomic mass is 9.86. The molecule has 4 nitrogen and oxygen atoms in total. The SMILES string of the molecule is CC(C)(C)C(=O)c1c[nH]c2cccc(C(=O)O)c12. The highest BCUT2D eigenvalue weighted by Gasteiger charge is 2.27. The van der Waals surface area contributed by atoms with E-state index in [1.54, 1.807) is 18.3 Å². The molecule has 4 heteroatoms. The fourth-order valence-electron chi connectivity index (χ4n) is 1.95. The number of carboxylic acid groups (broad SMARTS) is 1. The van der Waals surface area contributed by atoms with Crippen molar-refractivity contribution in [2.24, 2.45) is 5.41 Å². The van der Waals surface area contributed by atoms with Gasteiger partial charge in [0.15, 0.2) is 5.78 Å². The van der Waals surface area contributed by atoms with E-state index in [0.29, 0.717) is 16.5 Å². The van der Waals surface area contributed by atoms with Crippen LogP contribution in [0.15, 0.2) is 24.4 Å². The summed E-state index contributed by atoms with van der Waals surface area (Å²) >= 11 is 0.